The Morgan fingerprint density at radius 2 is 1.75 bits per heavy atom. The lowest BCUT2D eigenvalue weighted by molar-refractivity contribution is 0.0734. The SMILES string of the molecule is CN(C)CCN(Cc1ccccc1)c1cccc(C(=O)N2CCc3ccc(O)cc3C2)c1. The maximum absolute atomic E-state index is 13.3. The zero-order valence-corrected chi connectivity index (χ0v) is 18.9. The Bertz CT molecular complexity index is 1070. The van der Waals surface area contributed by atoms with Crippen LogP contribution in [0.5, 0.6) is 5.75 Å². The molecule has 0 aliphatic carbocycles. The van der Waals surface area contributed by atoms with E-state index in [4.69, 9.17) is 0 Å². The number of nitrogens with zero attached hydrogens (tertiary/aromatic N) is 3. The van der Waals surface area contributed by atoms with Gasteiger partial charge in [-0.15, -0.1) is 0 Å². The third-order valence-corrected chi connectivity index (χ3v) is 5.98. The van der Waals surface area contributed by atoms with Gasteiger partial charge in [-0.2, -0.15) is 0 Å². The number of amides is 1. The summed E-state index contributed by atoms with van der Waals surface area (Å²) >= 11 is 0. The number of likely N-dealkylation sites (N-methyl/N-ethyl adjacent to an activating group) is 1. The van der Waals surface area contributed by atoms with Gasteiger partial charge in [0.05, 0.1) is 0 Å². The van der Waals surface area contributed by atoms with Gasteiger partial charge in [0.2, 0.25) is 0 Å². The molecule has 0 aromatic heterocycles. The third-order valence-electron chi connectivity index (χ3n) is 5.98. The van der Waals surface area contributed by atoms with E-state index in [0.717, 1.165) is 37.3 Å². The van der Waals surface area contributed by atoms with Crippen LogP contribution in [0, 0.1) is 0 Å². The molecule has 1 heterocycles. The molecule has 3 aromatic carbocycles. The molecule has 0 spiro atoms. The highest BCUT2D eigenvalue weighted by molar-refractivity contribution is 5.95. The summed E-state index contributed by atoms with van der Waals surface area (Å²) in [5.41, 5.74) is 5.23. The number of rotatable bonds is 7. The maximum atomic E-state index is 13.3. The fourth-order valence-electron chi connectivity index (χ4n) is 4.16. The van der Waals surface area contributed by atoms with Crippen molar-refractivity contribution in [2.24, 2.45) is 0 Å². The van der Waals surface area contributed by atoms with Crippen LogP contribution in [-0.4, -0.2) is 54.5 Å². The van der Waals surface area contributed by atoms with Crippen LogP contribution in [0.3, 0.4) is 0 Å². The van der Waals surface area contributed by atoms with Crippen LogP contribution in [0.4, 0.5) is 5.69 Å². The monoisotopic (exact) mass is 429 g/mol. The van der Waals surface area contributed by atoms with Gasteiger partial charge in [0, 0.05) is 44.0 Å². The molecular formula is C27H31N3O2. The zero-order valence-electron chi connectivity index (χ0n) is 18.9. The molecule has 3 aromatic rings. The van der Waals surface area contributed by atoms with Crippen molar-refractivity contribution in [2.75, 3.05) is 38.6 Å². The van der Waals surface area contributed by atoms with E-state index in [0.29, 0.717) is 18.7 Å². The number of anilines is 1. The van der Waals surface area contributed by atoms with E-state index >= 15 is 0 Å². The quantitative estimate of drug-likeness (QED) is 0.613. The number of phenolic OH excluding ortho intramolecular Hbond substituents is 1. The highest BCUT2D eigenvalue weighted by atomic mass is 16.3. The van der Waals surface area contributed by atoms with Crippen LogP contribution in [0.25, 0.3) is 0 Å². The van der Waals surface area contributed by atoms with Gasteiger partial charge in [-0.25, -0.2) is 0 Å². The molecule has 4 rings (SSSR count). The van der Waals surface area contributed by atoms with E-state index < -0.39 is 0 Å². The van der Waals surface area contributed by atoms with E-state index in [9.17, 15) is 9.90 Å². The molecule has 1 aliphatic heterocycles. The lowest BCUT2D eigenvalue weighted by Crippen LogP contribution is -2.36. The van der Waals surface area contributed by atoms with Crippen LogP contribution in [0.2, 0.25) is 0 Å². The minimum Gasteiger partial charge on any atom is -0.508 e. The molecule has 1 N–H and O–H groups in total. The van der Waals surface area contributed by atoms with E-state index in [2.05, 4.69) is 54.2 Å². The lowest BCUT2D eigenvalue weighted by atomic mass is 9.98. The Morgan fingerprint density at radius 3 is 2.53 bits per heavy atom. The van der Waals surface area contributed by atoms with E-state index in [-0.39, 0.29) is 11.7 Å². The van der Waals surface area contributed by atoms with Crippen molar-refractivity contribution in [1.82, 2.24) is 9.80 Å². The molecule has 0 radical (unpaired) electrons. The fraction of sp³-hybridized carbons (Fsp3) is 0.296. The molecule has 5 heteroatoms. The number of carbonyl (C=O) groups excluding carboxylic acids is 1. The summed E-state index contributed by atoms with van der Waals surface area (Å²) in [6.07, 6.45) is 0.810. The Morgan fingerprint density at radius 1 is 0.938 bits per heavy atom. The second-order valence-electron chi connectivity index (χ2n) is 8.69. The minimum atomic E-state index is 0.0353. The molecule has 1 aliphatic rings. The number of aromatic hydroxyl groups is 1. The number of hydrogen-bond donors (Lipinski definition) is 1. The minimum absolute atomic E-state index is 0.0353. The number of fused-ring (bicyclic) bond motifs is 1. The van der Waals surface area contributed by atoms with Crippen LogP contribution in [0.1, 0.15) is 27.0 Å². The largest absolute Gasteiger partial charge is 0.508 e. The maximum Gasteiger partial charge on any atom is 0.254 e. The number of hydrogen-bond acceptors (Lipinski definition) is 4. The zero-order chi connectivity index (χ0) is 22.5. The number of benzene rings is 3. The van der Waals surface area contributed by atoms with Crippen molar-refractivity contribution >= 4 is 11.6 Å². The van der Waals surface area contributed by atoms with Crippen molar-refractivity contribution in [2.45, 2.75) is 19.5 Å². The normalized spacial score (nSPS) is 13.2. The summed E-state index contributed by atoms with van der Waals surface area (Å²) in [5, 5.41) is 9.83. The Labute approximate surface area is 190 Å². The molecule has 0 fully saturated rings. The van der Waals surface area contributed by atoms with Crippen molar-refractivity contribution in [3.8, 4) is 5.75 Å². The highest BCUT2D eigenvalue weighted by Crippen LogP contribution is 2.25. The second kappa shape index (κ2) is 9.88. The van der Waals surface area contributed by atoms with Crippen LogP contribution < -0.4 is 4.90 Å². The van der Waals surface area contributed by atoms with Gasteiger partial charge in [-0.05, 0) is 67.5 Å². The third kappa shape index (κ3) is 5.29. The fourth-order valence-corrected chi connectivity index (χ4v) is 4.16. The molecule has 0 bridgehead atoms. The van der Waals surface area contributed by atoms with Crippen molar-refractivity contribution in [3.63, 3.8) is 0 Å². The standard InChI is InChI=1S/C27H31N3O2/c1-28(2)15-16-29(19-21-7-4-3-5-8-21)25-10-6-9-23(17-25)27(32)30-14-13-22-11-12-26(31)18-24(22)20-30/h3-12,17-18,31H,13-16,19-20H2,1-2H3. The summed E-state index contributed by atoms with van der Waals surface area (Å²) < 4.78 is 0. The molecule has 1 amide bonds. The number of phenols is 1. The molecule has 0 saturated carbocycles. The topological polar surface area (TPSA) is 47.0 Å². The van der Waals surface area contributed by atoms with E-state index in [1.165, 1.54) is 11.1 Å². The van der Waals surface area contributed by atoms with Gasteiger partial charge in [0.15, 0.2) is 0 Å². The molecule has 5 nitrogen and oxygen atoms in total. The average molecular weight is 430 g/mol. The average Bonchev–Trinajstić information content (AvgIpc) is 2.81. The first-order chi connectivity index (χ1) is 15.5. The Balaban J connectivity index is 1.54. The summed E-state index contributed by atoms with van der Waals surface area (Å²) in [6, 6.07) is 23.8. The lowest BCUT2D eigenvalue weighted by Gasteiger charge is -2.30. The van der Waals surface area contributed by atoms with E-state index in [1.807, 2.05) is 35.2 Å². The predicted molar refractivity (Wildman–Crippen MR) is 129 cm³/mol. The van der Waals surface area contributed by atoms with Gasteiger partial charge in [0.1, 0.15) is 5.75 Å². The summed E-state index contributed by atoms with van der Waals surface area (Å²) in [7, 11) is 4.15. The first-order valence-electron chi connectivity index (χ1n) is 11.1. The Hall–Kier alpha value is -3.31. The second-order valence-corrected chi connectivity index (χ2v) is 8.69. The predicted octanol–water partition coefficient (Wildman–Crippen LogP) is 4.16. The van der Waals surface area contributed by atoms with Gasteiger partial charge >= 0.3 is 0 Å². The Kier molecular flexibility index (Phi) is 6.76. The first kappa shape index (κ1) is 21.9. The molecule has 32 heavy (non-hydrogen) atoms. The van der Waals surface area contributed by atoms with Crippen molar-refractivity contribution < 1.29 is 9.90 Å². The van der Waals surface area contributed by atoms with E-state index in [1.54, 1.807) is 12.1 Å². The van der Waals surface area contributed by atoms with Gasteiger partial charge in [0.25, 0.3) is 5.91 Å². The van der Waals surface area contributed by atoms with Crippen molar-refractivity contribution in [1.29, 1.82) is 0 Å². The van der Waals surface area contributed by atoms with Crippen LogP contribution in [0.15, 0.2) is 72.8 Å². The summed E-state index contributed by atoms with van der Waals surface area (Å²) in [6.45, 7) is 3.81. The van der Waals surface area contributed by atoms with Gasteiger partial charge in [-0.3, -0.25) is 4.79 Å². The summed E-state index contributed by atoms with van der Waals surface area (Å²) in [5.74, 6) is 0.283. The van der Waals surface area contributed by atoms with Gasteiger partial charge < -0.3 is 19.8 Å². The summed E-state index contributed by atoms with van der Waals surface area (Å²) in [4.78, 5) is 19.7. The highest BCUT2D eigenvalue weighted by Gasteiger charge is 2.22. The number of carbonyl (C=O) groups is 1. The van der Waals surface area contributed by atoms with Gasteiger partial charge in [-0.1, -0.05) is 42.5 Å². The van der Waals surface area contributed by atoms with Crippen LogP contribution >= 0.6 is 0 Å². The van der Waals surface area contributed by atoms with Crippen molar-refractivity contribution in [3.05, 3.63) is 95.1 Å². The molecule has 0 atom stereocenters. The smallest absolute Gasteiger partial charge is 0.254 e. The van der Waals surface area contributed by atoms with Crippen LogP contribution in [-0.2, 0) is 19.5 Å². The molecular weight excluding hydrogens is 398 g/mol. The molecule has 0 saturated heterocycles. The first-order valence-corrected chi connectivity index (χ1v) is 11.1. The molecule has 166 valence electrons. The molecule has 0 unspecified atom stereocenters.